The summed E-state index contributed by atoms with van der Waals surface area (Å²) in [4.78, 5) is 2.37. The summed E-state index contributed by atoms with van der Waals surface area (Å²) in [5.74, 6) is 0. The summed E-state index contributed by atoms with van der Waals surface area (Å²) in [6.07, 6.45) is 0. The molecule has 0 aliphatic heterocycles. The van der Waals surface area contributed by atoms with E-state index in [1.165, 1.54) is 5.39 Å². The molecule has 0 N–H and O–H groups in total. The smallest absolute Gasteiger partial charge is 0.159 e. The van der Waals surface area contributed by atoms with E-state index >= 15 is 0 Å². The van der Waals surface area contributed by atoms with E-state index in [1.807, 2.05) is 12.1 Å². The van der Waals surface area contributed by atoms with E-state index in [-0.39, 0.29) is 0 Å². The summed E-state index contributed by atoms with van der Waals surface area (Å²) in [5, 5.41) is 6.68. The SMILES string of the molecule is c1ccc(-c2ccccc2N(c2ccccc2-c2cccc3oc4c5ccccc5ccc4c23)c2cccc3c2oc2ccccc23)cc1. The van der Waals surface area contributed by atoms with E-state index < -0.39 is 0 Å². The lowest BCUT2D eigenvalue weighted by Gasteiger charge is -2.30. The fourth-order valence-corrected chi connectivity index (χ4v) is 7.50. The molecule has 0 saturated carbocycles. The van der Waals surface area contributed by atoms with Crippen LogP contribution in [-0.2, 0) is 0 Å². The Morgan fingerprint density at radius 2 is 0.918 bits per heavy atom. The number of benzene rings is 8. The van der Waals surface area contributed by atoms with Crippen molar-refractivity contribution in [3.8, 4) is 22.3 Å². The van der Waals surface area contributed by atoms with Gasteiger partial charge in [0.1, 0.15) is 16.7 Å². The maximum absolute atomic E-state index is 6.70. The molecule has 0 unspecified atom stereocenters. The molecule has 0 radical (unpaired) electrons. The third-order valence-corrected chi connectivity index (χ3v) is 9.68. The molecule has 3 nitrogen and oxygen atoms in total. The van der Waals surface area contributed by atoms with Crippen molar-refractivity contribution < 1.29 is 8.83 Å². The van der Waals surface area contributed by atoms with Gasteiger partial charge in [-0.1, -0.05) is 140 Å². The zero-order chi connectivity index (χ0) is 32.3. The topological polar surface area (TPSA) is 29.5 Å². The Morgan fingerprint density at radius 1 is 0.327 bits per heavy atom. The van der Waals surface area contributed by atoms with Gasteiger partial charge in [0, 0.05) is 38.1 Å². The van der Waals surface area contributed by atoms with Gasteiger partial charge in [0.05, 0.1) is 17.1 Å². The maximum atomic E-state index is 6.70. The van der Waals surface area contributed by atoms with Gasteiger partial charge in [0.25, 0.3) is 0 Å². The minimum absolute atomic E-state index is 0.847. The Bertz CT molecular complexity index is 2840. The van der Waals surface area contributed by atoms with Crippen molar-refractivity contribution in [3.63, 3.8) is 0 Å². The average Bonchev–Trinajstić information content (AvgIpc) is 3.75. The van der Waals surface area contributed by atoms with Crippen LogP contribution in [0, 0.1) is 0 Å². The van der Waals surface area contributed by atoms with Gasteiger partial charge in [-0.05, 0) is 52.9 Å². The largest absolute Gasteiger partial charge is 0.455 e. The molecule has 10 rings (SSSR count). The van der Waals surface area contributed by atoms with Crippen molar-refractivity contribution in [1.29, 1.82) is 0 Å². The van der Waals surface area contributed by atoms with Crippen LogP contribution < -0.4 is 4.90 Å². The molecule has 0 bridgehead atoms. The fourth-order valence-electron chi connectivity index (χ4n) is 7.50. The van der Waals surface area contributed by atoms with Gasteiger partial charge >= 0.3 is 0 Å². The highest BCUT2D eigenvalue weighted by Gasteiger charge is 2.25. The summed E-state index contributed by atoms with van der Waals surface area (Å²) < 4.78 is 13.3. The molecule has 10 aromatic rings. The predicted molar refractivity (Wildman–Crippen MR) is 204 cm³/mol. The number of fused-ring (bicyclic) bond motifs is 8. The van der Waals surface area contributed by atoms with Crippen LogP contribution in [0.25, 0.3) is 76.9 Å². The van der Waals surface area contributed by atoms with Gasteiger partial charge in [-0.15, -0.1) is 0 Å². The first kappa shape index (κ1) is 27.5. The minimum atomic E-state index is 0.847. The first-order chi connectivity index (χ1) is 24.3. The molecule has 2 heterocycles. The highest BCUT2D eigenvalue weighted by molar-refractivity contribution is 6.20. The van der Waals surface area contributed by atoms with E-state index in [9.17, 15) is 0 Å². The van der Waals surface area contributed by atoms with E-state index in [1.54, 1.807) is 0 Å². The third-order valence-electron chi connectivity index (χ3n) is 9.68. The number of anilines is 3. The Balaban J connectivity index is 1.29. The van der Waals surface area contributed by atoms with Crippen LogP contribution in [0.5, 0.6) is 0 Å². The van der Waals surface area contributed by atoms with Crippen molar-refractivity contribution in [2.45, 2.75) is 0 Å². The normalized spacial score (nSPS) is 11.7. The van der Waals surface area contributed by atoms with Crippen LogP contribution in [0.15, 0.2) is 185 Å². The monoisotopic (exact) mass is 627 g/mol. The van der Waals surface area contributed by atoms with Gasteiger partial charge in [-0.3, -0.25) is 0 Å². The summed E-state index contributed by atoms with van der Waals surface area (Å²) in [6, 6.07) is 61.9. The second kappa shape index (κ2) is 11.0. The molecule has 0 fully saturated rings. The Morgan fingerprint density at radius 3 is 1.80 bits per heavy atom. The van der Waals surface area contributed by atoms with Crippen molar-refractivity contribution in [2.24, 2.45) is 0 Å². The summed E-state index contributed by atoms with van der Waals surface area (Å²) >= 11 is 0. The second-order valence-corrected chi connectivity index (χ2v) is 12.4. The summed E-state index contributed by atoms with van der Waals surface area (Å²) in [7, 11) is 0. The Hall–Kier alpha value is -6.58. The predicted octanol–water partition coefficient (Wildman–Crippen LogP) is 13.4. The number of hydrogen-bond acceptors (Lipinski definition) is 3. The van der Waals surface area contributed by atoms with E-state index in [2.05, 4.69) is 169 Å². The molecule has 0 amide bonds. The molecule has 2 aromatic heterocycles. The van der Waals surface area contributed by atoms with E-state index in [0.717, 1.165) is 88.6 Å². The highest BCUT2D eigenvalue weighted by Crippen LogP contribution is 2.49. The number of para-hydroxylation sites is 4. The average molecular weight is 628 g/mol. The van der Waals surface area contributed by atoms with Gasteiger partial charge in [0.2, 0.25) is 0 Å². The quantitative estimate of drug-likeness (QED) is 0.190. The Kier molecular flexibility index (Phi) is 6.18. The van der Waals surface area contributed by atoms with Gasteiger partial charge in [0.15, 0.2) is 5.58 Å². The van der Waals surface area contributed by atoms with Crippen LogP contribution in [0.2, 0.25) is 0 Å². The van der Waals surface area contributed by atoms with Crippen LogP contribution in [-0.4, -0.2) is 0 Å². The zero-order valence-electron chi connectivity index (χ0n) is 26.5. The maximum Gasteiger partial charge on any atom is 0.159 e. The minimum Gasteiger partial charge on any atom is -0.455 e. The van der Waals surface area contributed by atoms with Crippen LogP contribution in [0.4, 0.5) is 17.1 Å². The van der Waals surface area contributed by atoms with E-state index in [4.69, 9.17) is 8.83 Å². The van der Waals surface area contributed by atoms with Crippen molar-refractivity contribution in [2.75, 3.05) is 4.90 Å². The third kappa shape index (κ3) is 4.29. The summed E-state index contributed by atoms with van der Waals surface area (Å²) in [5.41, 5.74) is 11.1. The first-order valence-corrected chi connectivity index (χ1v) is 16.6. The number of furan rings is 2. The van der Waals surface area contributed by atoms with Gasteiger partial charge in [-0.25, -0.2) is 0 Å². The lowest BCUT2D eigenvalue weighted by Crippen LogP contribution is -2.12. The zero-order valence-corrected chi connectivity index (χ0v) is 26.5. The number of hydrogen-bond donors (Lipinski definition) is 0. The summed E-state index contributed by atoms with van der Waals surface area (Å²) in [6.45, 7) is 0. The van der Waals surface area contributed by atoms with Crippen molar-refractivity contribution in [3.05, 3.63) is 176 Å². The molecule has 8 aromatic carbocycles. The molecule has 0 spiro atoms. The van der Waals surface area contributed by atoms with Crippen molar-refractivity contribution in [1.82, 2.24) is 0 Å². The fraction of sp³-hybridized carbons (Fsp3) is 0. The standard InChI is InChI=1S/C46H29NO2/c1-2-14-30(15-3-1)32-17-6-9-23-39(32)47(41-25-12-22-37-35-20-8-11-26-42(35)48-46(37)41)40-24-10-7-19-34(40)36-21-13-27-43-44(36)38-29-28-31-16-4-5-18-33(31)45(38)49-43/h1-29H. The molecule has 3 heteroatoms. The first-order valence-electron chi connectivity index (χ1n) is 16.6. The van der Waals surface area contributed by atoms with E-state index in [0.29, 0.717) is 0 Å². The molecule has 0 saturated heterocycles. The van der Waals surface area contributed by atoms with Crippen LogP contribution >= 0.6 is 0 Å². The molecular formula is C46H29NO2. The molecule has 0 aliphatic rings. The molecule has 49 heavy (non-hydrogen) atoms. The molecular weight excluding hydrogens is 599 g/mol. The van der Waals surface area contributed by atoms with Crippen molar-refractivity contribution >= 4 is 71.7 Å². The van der Waals surface area contributed by atoms with Crippen LogP contribution in [0.3, 0.4) is 0 Å². The highest BCUT2D eigenvalue weighted by atomic mass is 16.3. The molecule has 230 valence electrons. The number of nitrogens with zero attached hydrogens (tertiary/aromatic N) is 1. The lowest BCUT2D eigenvalue weighted by molar-refractivity contribution is 0.669. The second-order valence-electron chi connectivity index (χ2n) is 12.4. The molecule has 0 atom stereocenters. The Labute approximate surface area is 282 Å². The number of rotatable bonds is 5. The lowest BCUT2D eigenvalue weighted by atomic mass is 9.95. The van der Waals surface area contributed by atoms with Crippen LogP contribution in [0.1, 0.15) is 0 Å². The molecule has 0 aliphatic carbocycles. The van der Waals surface area contributed by atoms with Gasteiger partial charge < -0.3 is 13.7 Å². The van der Waals surface area contributed by atoms with Gasteiger partial charge in [-0.2, -0.15) is 0 Å².